The quantitative estimate of drug-likeness (QED) is 0.907. The maximum absolute atomic E-state index is 10.3. The first-order valence-electron chi connectivity index (χ1n) is 5.75. The Labute approximate surface area is 116 Å². The molecule has 0 aliphatic heterocycles. The van der Waals surface area contributed by atoms with Crippen LogP contribution < -0.4 is 4.74 Å². The molecule has 1 atom stereocenters. The molecule has 1 aromatic heterocycles. The summed E-state index contributed by atoms with van der Waals surface area (Å²) in [5.74, 6) is 0.759. The highest BCUT2D eigenvalue weighted by atomic mass is 35.5. The third-order valence-electron chi connectivity index (χ3n) is 2.44. The topological polar surface area (TPSA) is 29.5 Å². The van der Waals surface area contributed by atoms with Gasteiger partial charge in [-0.3, -0.25) is 0 Å². The molecule has 1 unspecified atom stereocenters. The Hall–Kier alpha value is -1.03. The Morgan fingerprint density at radius 1 is 1.28 bits per heavy atom. The molecule has 0 amide bonds. The van der Waals surface area contributed by atoms with E-state index in [0.717, 1.165) is 16.2 Å². The summed E-state index contributed by atoms with van der Waals surface area (Å²) < 4.78 is 5.61. The van der Waals surface area contributed by atoms with Crippen LogP contribution in [0.15, 0.2) is 35.7 Å². The molecule has 0 aliphatic carbocycles. The van der Waals surface area contributed by atoms with Gasteiger partial charge in [0.2, 0.25) is 0 Å². The van der Waals surface area contributed by atoms with Gasteiger partial charge in [-0.1, -0.05) is 23.7 Å². The average molecular weight is 283 g/mol. The van der Waals surface area contributed by atoms with Crippen LogP contribution in [-0.2, 0) is 0 Å². The Morgan fingerprint density at radius 2 is 2.06 bits per heavy atom. The summed E-state index contributed by atoms with van der Waals surface area (Å²) in [6.45, 7) is 3.94. The van der Waals surface area contributed by atoms with E-state index in [1.165, 1.54) is 11.3 Å². The Kier molecular flexibility index (Phi) is 4.27. The number of hydrogen-bond acceptors (Lipinski definition) is 3. The fourth-order valence-corrected chi connectivity index (χ4v) is 2.85. The molecule has 4 heteroatoms. The zero-order valence-electron chi connectivity index (χ0n) is 10.3. The van der Waals surface area contributed by atoms with Crippen molar-refractivity contribution in [3.05, 3.63) is 51.2 Å². The monoisotopic (exact) mass is 282 g/mol. The largest absolute Gasteiger partial charge is 0.491 e. The van der Waals surface area contributed by atoms with Crippen LogP contribution in [0.5, 0.6) is 5.75 Å². The molecule has 0 fully saturated rings. The summed E-state index contributed by atoms with van der Waals surface area (Å²) >= 11 is 7.48. The molecule has 18 heavy (non-hydrogen) atoms. The van der Waals surface area contributed by atoms with E-state index in [1.54, 1.807) is 6.07 Å². The van der Waals surface area contributed by atoms with Crippen molar-refractivity contribution in [2.24, 2.45) is 0 Å². The second-order valence-electron chi connectivity index (χ2n) is 4.27. The average Bonchev–Trinajstić information content (AvgIpc) is 2.74. The van der Waals surface area contributed by atoms with Crippen LogP contribution in [0.25, 0.3) is 0 Å². The van der Waals surface area contributed by atoms with Gasteiger partial charge < -0.3 is 9.84 Å². The minimum absolute atomic E-state index is 0.114. The van der Waals surface area contributed by atoms with Gasteiger partial charge in [0.05, 0.1) is 16.0 Å². The molecule has 0 saturated heterocycles. The van der Waals surface area contributed by atoms with E-state index >= 15 is 0 Å². The second-order valence-corrected chi connectivity index (χ2v) is 5.63. The second kappa shape index (κ2) is 5.74. The van der Waals surface area contributed by atoms with Crippen LogP contribution in [0.4, 0.5) is 0 Å². The lowest BCUT2D eigenvalue weighted by atomic mass is 10.1. The van der Waals surface area contributed by atoms with Gasteiger partial charge in [0.1, 0.15) is 11.9 Å². The van der Waals surface area contributed by atoms with E-state index < -0.39 is 6.10 Å². The number of hydrogen-bond donors (Lipinski definition) is 1. The van der Waals surface area contributed by atoms with Gasteiger partial charge in [-0.25, -0.2) is 0 Å². The highest BCUT2D eigenvalue weighted by molar-refractivity contribution is 7.10. The zero-order valence-corrected chi connectivity index (χ0v) is 11.8. The first-order valence-corrected chi connectivity index (χ1v) is 7.01. The summed E-state index contributed by atoms with van der Waals surface area (Å²) in [4.78, 5) is 0.762. The maximum Gasteiger partial charge on any atom is 0.120 e. The molecule has 96 valence electrons. The summed E-state index contributed by atoms with van der Waals surface area (Å²) in [5, 5.41) is 12.8. The molecule has 0 aliphatic rings. The molecule has 0 bridgehead atoms. The van der Waals surface area contributed by atoms with E-state index in [0.29, 0.717) is 5.02 Å². The van der Waals surface area contributed by atoms with E-state index in [9.17, 15) is 5.11 Å². The lowest BCUT2D eigenvalue weighted by Crippen LogP contribution is -2.06. The smallest absolute Gasteiger partial charge is 0.120 e. The summed E-state index contributed by atoms with van der Waals surface area (Å²) in [7, 11) is 0. The van der Waals surface area contributed by atoms with Crippen molar-refractivity contribution < 1.29 is 9.84 Å². The molecule has 2 nitrogen and oxygen atoms in total. The van der Waals surface area contributed by atoms with Crippen molar-refractivity contribution in [3.63, 3.8) is 0 Å². The Morgan fingerprint density at radius 3 is 2.67 bits per heavy atom. The van der Waals surface area contributed by atoms with Crippen molar-refractivity contribution in [2.45, 2.75) is 26.1 Å². The van der Waals surface area contributed by atoms with Gasteiger partial charge in [0.15, 0.2) is 0 Å². The molecule has 0 saturated carbocycles. The molecule has 0 spiro atoms. The first kappa shape index (κ1) is 13.4. The van der Waals surface area contributed by atoms with E-state index in [1.807, 2.05) is 43.5 Å². The summed E-state index contributed by atoms with van der Waals surface area (Å²) in [6.07, 6.45) is -0.587. The van der Waals surface area contributed by atoms with Gasteiger partial charge in [-0.2, -0.15) is 0 Å². The van der Waals surface area contributed by atoms with Crippen LogP contribution in [0, 0.1) is 0 Å². The van der Waals surface area contributed by atoms with Crippen molar-refractivity contribution in [1.29, 1.82) is 0 Å². The highest BCUT2D eigenvalue weighted by Gasteiger charge is 2.16. The molecule has 2 aromatic rings. The van der Waals surface area contributed by atoms with Gasteiger partial charge in [0, 0.05) is 0 Å². The predicted molar refractivity (Wildman–Crippen MR) is 75.6 cm³/mol. The Balaban J connectivity index is 2.25. The zero-order chi connectivity index (χ0) is 13.1. The summed E-state index contributed by atoms with van der Waals surface area (Å²) in [5.41, 5.74) is 0.789. The number of rotatable bonds is 4. The van der Waals surface area contributed by atoms with Crippen LogP contribution in [-0.4, -0.2) is 11.2 Å². The molecule has 2 rings (SSSR count). The van der Waals surface area contributed by atoms with Crippen LogP contribution in [0.1, 0.15) is 30.4 Å². The highest BCUT2D eigenvalue weighted by Crippen LogP contribution is 2.33. The molecule has 1 N–H and O–H groups in total. The van der Waals surface area contributed by atoms with Crippen LogP contribution in [0.2, 0.25) is 5.02 Å². The minimum Gasteiger partial charge on any atom is -0.491 e. The van der Waals surface area contributed by atoms with Crippen molar-refractivity contribution in [3.8, 4) is 5.75 Å². The fraction of sp³-hybridized carbons (Fsp3) is 0.286. The number of benzene rings is 1. The third kappa shape index (κ3) is 3.05. The van der Waals surface area contributed by atoms with Crippen molar-refractivity contribution >= 4 is 22.9 Å². The number of aliphatic hydroxyl groups is 1. The fourth-order valence-electron chi connectivity index (χ4n) is 1.68. The lowest BCUT2D eigenvalue weighted by Gasteiger charge is -2.14. The standard InChI is InChI=1S/C14H15ClO2S/c1-9(2)17-11-5-3-4-10(8-11)13(16)14-12(15)6-7-18-14/h3-9,13,16H,1-2H3. The minimum atomic E-state index is -0.701. The Bertz CT molecular complexity index is 522. The first-order chi connectivity index (χ1) is 8.58. The number of aliphatic hydroxyl groups excluding tert-OH is 1. The molecular formula is C14H15ClO2S. The van der Waals surface area contributed by atoms with E-state index in [4.69, 9.17) is 16.3 Å². The SMILES string of the molecule is CC(C)Oc1cccc(C(O)c2sccc2Cl)c1. The maximum atomic E-state index is 10.3. The lowest BCUT2D eigenvalue weighted by molar-refractivity contribution is 0.220. The number of halogens is 1. The molecule has 1 heterocycles. The molecule has 0 radical (unpaired) electrons. The van der Waals surface area contributed by atoms with Gasteiger partial charge >= 0.3 is 0 Å². The van der Waals surface area contributed by atoms with Gasteiger partial charge in [-0.15, -0.1) is 11.3 Å². The number of ether oxygens (including phenoxy) is 1. The van der Waals surface area contributed by atoms with E-state index in [-0.39, 0.29) is 6.10 Å². The predicted octanol–water partition coefficient (Wildman–Crippen LogP) is 4.27. The normalized spacial score (nSPS) is 12.7. The molecule has 1 aromatic carbocycles. The number of thiophene rings is 1. The summed E-state index contributed by atoms with van der Waals surface area (Å²) in [6, 6.07) is 9.26. The van der Waals surface area contributed by atoms with Crippen molar-refractivity contribution in [2.75, 3.05) is 0 Å². The van der Waals surface area contributed by atoms with Crippen LogP contribution >= 0.6 is 22.9 Å². The molecular weight excluding hydrogens is 268 g/mol. The third-order valence-corrected chi connectivity index (χ3v) is 3.85. The van der Waals surface area contributed by atoms with Gasteiger partial charge in [0.25, 0.3) is 0 Å². The van der Waals surface area contributed by atoms with E-state index in [2.05, 4.69) is 0 Å². The van der Waals surface area contributed by atoms with Gasteiger partial charge in [-0.05, 0) is 43.0 Å². The van der Waals surface area contributed by atoms with Crippen LogP contribution in [0.3, 0.4) is 0 Å². The van der Waals surface area contributed by atoms with Crippen molar-refractivity contribution in [1.82, 2.24) is 0 Å².